The van der Waals surface area contributed by atoms with Crippen molar-refractivity contribution in [1.82, 2.24) is 4.90 Å². The van der Waals surface area contributed by atoms with Gasteiger partial charge in [-0.1, -0.05) is 0 Å². The molecular weight excluding hydrogens is 242 g/mol. The monoisotopic (exact) mass is 265 g/mol. The molecule has 0 saturated carbocycles. The van der Waals surface area contributed by atoms with Gasteiger partial charge in [-0.25, -0.2) is 0 Å². The van der Waals surface area contributed by atoms with Crippen LogP contribution in [0.2, 0.25) is 0 Å². The Balaban J connectivity index is 2.79. The summed E-state index contributed by atoms with van der Waals surface area (Å²) in [5, 5.41) is 0. The number of nitrogens with two attached hydrogens (primary N) is 1. The number of anilines is 2. The van der Waals surface area contributed by atoms with E-state index in [0.29, 0.717) is 24.5 Å². The van der Waals surface area contributed by atoms with Crippen LogP contribution < -0.4 is 10.6 Å². The minimum Gasteiger partial charge on any atom is -0.397 e. The molecule has 19 heavy (non-hydrogen) atoms. The smallest absolute Gasteiger partial charge is 0.253 e. The van der Waals surface area contributed by atoms with Crippen LogP contribution in [0.5, 0.6) is 0 Å². The van der Waals surface area contributed by atoms with Gasteiger partial charge in [0.1, 0.15) is 0 Å². The standard InChI is InChI=1S/C14H23N3O2/c1-5-19-9-8-17(4)13-7-6-11(10-12(13)15)14(18)16(2)3/h6-7,10H,5,8-9,15H2,1-4H3. The highest BCUT2D eigenvalue weighted by Crippen LogP contribution is 2.23. The van der Waals surface area contributed by atoms with Gasteiger partial charge in [-0.15, -0.1) is 0 Å². The summed E-state index contributed by atoms with van der Waals surface area (Å²) in [6, 6.07) is 5.39. The Morgan fingerprint density at radius 2 is 2.00 bits per heavy atom. The van der Waals surface area contributed by atoms with Crippen LogP contribution in [0.3, 0.4) is 0 Å². The molecule has 1 amide bonds. The number of benzene rings is 1. The van der Waals surface area contributed by atoms with Gasteiger partial charge in [0.05, 0.1) is 18.0 Å². The van der Waals surface area contributed by atoms with Crippen LogP contribution in [0.25, 0.3) is 0 Å². The van der Waals surface area contributed by atoms with Gasteiger partial charge in [0.15, 0.2) is 0 Å². The molecule has 0 saturated heterocycles. The predicted octanol–water partition coefficient (Wildman–Crippen LogP) is 1.44. The zero-order chi connectivity index (χ0) is 14.4. The highest BCUT2D eigenvalue weighted by molar-refractivity contribution is 5.95. The topological polar surface area (TPSA) is 58.8 Å². The molecule has 5 heteroatoms. The highest BCUT2D eigenvalue weighted by atomic mass is 16.5. The molecule has 0 spiro atoms. The van der Waals surface area contributed by atoms with Gasteiger partial charge in [-0.05, 0) is 25.1 Å². The van der Waals surface area contributed by atoms with Gasteiger partial charge in [-0.2, -0.15) is 0 Å². The number of nitrogens with zero attached hydrogens (tertiary/aromatic N) is 2. The number of ether oxygens (including phenoxy) is 1. The van der Waals surface area contributed by atoms with E-state index in [0.717, 1.165) is 12.2 Å². The van der Waals surface area contributed by atoms with Gasteiger partial charge < -0.3 is 20.3 Å². The van der Waals surface area contributed by atoms with E-state index in [2.05, 4.69) is 0 Å². The SMILES string of the molecule is CCOCCN(C)c1ccc(C(=O)N(C)C)cc1N. The Labute approximate surface area is 114 Å². The first kappa shape index (κ1) is 15.3. The second kappa shape index (κ2) is 6.99. The molecule has 1 aromatic carbocycles. The van der Waals surface area contributed by atoms with Crippen LogP contribution in [-0.4, -0.2) is 51.7 Å². The van der Waals surface area contributed by atoms with Crippen molar-refractivity contribution < 1.29 is 9.53 Å². The lowest BCUT2D eigenvalue weighted by atomic mass is 10.1. The first-order valence-corrected chi connectivity index (χ1v) is 6.37. The summed E-state index contributed by atoms with van der Waals surface area (Å²) < 4.78 is 5.32. The second-order valence-electron chi connectivity index (χ2n) is 4.59. The van der Waals surface area contributed by atoms with E-state index < -0.39 is 0 Å². The minimum absolute atomic E-state index is 0.0461. The van der Waals surface area contributed by atoms with Crippen LogP contribution in [0, 0.1) is 0 Å². The third kappa shape index (κ3) is 4.13. The molecule has 0 aromatic heterocycles. The highest BCUT2D eigenvalue weighted by Gasteiger charge is 2.11. The molecule has 1 aromatic rings. The van der Waals surface area contributed by atoms with Crippen molar-refractivity contribution in [2.75, 3.05) is 51.5 Å². The maximum Gasteiger partial charge on any atom is 0.253 e. The molecule has 0 fully saturated rings. The third-order valence-corrected chi connectivity index (χ3v) is 2.87. The lowest BCUT2D eigenvalue weighted by Gasteiger charge is -2.21. The number of carbonyl (C=O) groups excluding carboxylic acids is 1. The van der Waals surface area contributed by atoms with Crippen molar-refractivity contribution in [1.29, 1.82) is 0 Å². The predicted molar refractivity (Wildman–Crippen MR) is 78.6 cm³/mol. The van der Waals surface area contributed by atoms with Crippen LogP contribution >= 0.6 is 0 Å². The van der Waals surface area contributed by atoms with E-state index in [-0.39, 0.29) is 5.91 Å². The summed E-state index contributed by atoms with van der Waals surface area (Å²) in [4.78, 5) is 15.4. The fourth-order valence-electron chi connectivity index (χ4n) is 1.76. The zero-order valence-corrected chi connectivity index (χ0v) is 12.1. The number of amides is 1. The van der Waals surface area contributed by atoms with E-state index in [1.165, 1.54) is 4.90 Å². The number of carbonyl (C=O) groups is 1. The summed E-state index contributed by atoms with van der Waals surface area (Å²) in [7, 11) is 5.40. The summed E-state index contributed by atoms with van der Waals surface area (Å²) in [5.74, 6) is -0.0461. The van der Waals surface area contributed by atoms with E-state index in [1.807, 2.05) is 24.9 Å². The minimum atomic E-state index is -0.0461. The van der Waals surface area contributed by atoms with Crippen molar-refractivity contribution >= 4 is 17.3 Å². The zero-order valence-electron chi connectivity index (χ0n) is 12.1. The molecule has 1 rings (SSSR count). The molecule has 2 N–H and O–H groups in total. The van der Waals surface area contributed by atoms with E-state index in [4.69, 9.17) is 10.5 Å². The van der Waals surface area contributed by atoms with Crippen molar-refractivity contribution in [2.24, 2.45) is 0 Å². The fourth-order valence-corrected chi connectivity index (χ4v) is 1.76. The molecule has 0 aliphatic carbocycles. The van der Waals surface area contributed by atoms with Crippen LogP contribution in [0.4, 0.5) is 11.4 Å². The van der Waals surface area contributed by atoms with Crippen LogP contribution in [0.1, 0.15) is 17.3 Å². The normalized spacial score (nSPS) is 10.3. The molecule has 5 nitrogen and oxygen atoms in total. The molecular formula is C14H23N3O2. The number of nitrogen functional groups attached to an aromatic ring is 1. The quantitative estimate of drug-likeness (QED) is 0.624. The molecule has 0 aliphatic heterocycles. The molecule has 0 heterocycles. The van der Waals surface area contributed by atoms with Crippen molar-refractivity contribution in [3.8, 4) is 0 Å². The first-order valence-electron chi connectivity index (χ1n) is 6.37. The van der Waals surface area contributed by atoms with Gasteiger partial charge in [0, 0.05) is 39.9 Å². The summed E-state index contributed by atoms with van der Waals surface area (Å²) in [6.45, 7) is 4.10. The lowest BCUT2D eigenvalue weighted by Crippen LogP contribution is -2.24. The largest absolute Gasteiger partial charge is 0.397 e. The Morgan fingerprint density at radius 3 is 2.53 bits per heavy atom. The molecule has 0 aliphatic rings. The maximum atomic E-state index is 11.8. The van der Waals surface area contributed by atoms with Crippen LogP contribution in [0.15, 0.2) is 18.2 Å². The second-order valence-corrected chi connectivity index (χ2v) is 4.59. The molecule has 0 unspecified atom stereocenters. The molecule has 0 radical (unpaired) electrons. The van der Waals surface area contributed by atoms with E-state index >= 15 is 0 Å². The molecule has 0 bridgehead atoms. The molecule has 106 valence electrons. The van der Waals surface area contributed by atoms with Gasteiger partial charge in [-0.3, -0.25) is 4.79 Å². The number of likely N-dealkylation sites (N-methyl/N-ethyl adjacent to an activating group) is 1. The van der Waals surface area contributed by atoms with E-state index in [9.17, 15) is 4.79 Å². The average molecular weight is 265 g/mol. The number of hydrogen-bond donors (Lipinski definition) is 1. The van der Waals surface area contributed by atoms with Crippen LogP contribution in [-0.2, 0) is 4.74 Å². The summed E-state index contributed by atoms with van der Waals surface area (Å²) in [6.07, 6.45) is 0. The Hall–Kier alpha value is -1.75. The Kier molecular flexibility index (Phi) is 5.63. The third-order valence-electron chi connectivity index (χ3n) is 2.87. The van der Waals surface area contributed by atoms with Crippen molar-refractivity contribution in [3.05, 3.63) is 23.8 Å². The number of hydrogen-bond acceptors (Lipinski definition) is 4. The lowest BCUT2D eigenvalue weighted by molar-refractivity contribution is 0.0827. The number of rotatable bonds is 6. The fraction of sp³-hybridized carbons (Fsp3) is 0.500. The first-order chi connectivity index (χ1) is 8.97. The summed E-state index contributed by atoms with van der Waals surface area (Å²) in [5.41, 5.74) is 8.13. The maximum absolute atomic E-state index is 11.8. The van der Waals surface area contributed by atoms with E-state index in [1.54, 1.807) is 26.2 Å². The molecule has 0 atom stereocenters. The van der Waals surface area contributed by atoms with Gasteiger partial charge in [0.25, 0.3) is 5.91 Å². The van der Waals surface area contributed by atoms with Gasteiger partial charge >= 0.3 is 0 Å². The summed E-state index contributed by atoms with van der Waals surface area (Å²) >= 11 is 0. The van der Waals surface area contributed by atoms with Gasteiger partial charge in [0.2, 0.25) is 0 Å². The Morgan fingerprint density at radius 1 is 1.32 bits per heavy atom. The van der Waals surface area contributed by atoms with Crippen molar-refractivity contribution in [2.45, 2.75) is 6.92 Å². The Bertz CT molecular complexity index is 433. The van der Waals surface area contributed by atoms with Crippen molar-refractivity contribution in [3.63, 3.8) is 0 Å². The average Bonchev–Trinajstić information content (AvgIpc) is 2.37.